The highest BCUT2D eigenvalue weighted by Gasteiger charge is 2.17. The van der Waals surface area contributed by atoms with Gasteiger partial charge >= 0.3 is 5.97 Å². The zero-order valence-corrected chi connectivity index (χ0v) is 14.2. The molecule has 3 rings (SSSR count). The molecule has 0 spiro atoms. The van der Waals surface area contributed by atoms with Crippen molar-refractivity contribution in [1.82, 2.24) is 4.57 Å². The van der Waals surface area contributed by atoms with E-state index in [9.17, 15) is 9.59 Å². The van der Waals surface area contributed by atoms with Crippen LogP contribution >= 0.6 is 0 Å². The first kappa shape index (κ1) is 16.7. The molecule has 0 unspecified atom stereocenters. The normalized spacial score (nSPS) is 10.5. The summed E-state index contributed by atoms with van der Waals surface area (Å²) in [5.41, 5.74) is 3.57. The van der Waals surface area contributed by atoms with Crippen molar-refractivity contribution in [2.24, 2.45) is 7.05 Å². The smallest absolute Gasteiger partial charge is 0.339 e. The largest absolute Gasteiger partial charge is 0.462 e. The van der Waals surface area contributed by atoms with E-state index in [4.69, 9.17) is 4.74 Å². The maximum atomic E-state index is 12.7. The Morgan fingerprint density at radius 2 is 1.56 bits per heavy atom. The van der Waals surface area contributed by atoms with Crippen molar-refractivity contribution in [3.05, 3.63) is 83.7 Å². The third-order valence-electron chi connectivity index (χ3n) is 4.00. The first-order valence-corrected chi connectivity index (χ1v) is 8.14. The molecule has 0 amide bonds. The molecule has 0 saturated heterocycles. The summed E-state index contributed by atoms with van der Waals surface area (Å²) >= 11 is 0. The highest BCUT2D eigenvalue weighted by atomic mass is 16.5. The highest BCUT2D eigenvalue weighted by Crippen LogP contribution is 2.21. The zero-order chi connectivity index (χ0) is 17.8. The van der Waals surface area contributed by atoms with Crippen molar-refractivity contribution < 1.29 is 14.3 Å². The highest BCUT2D eigenvalue weighted by molar-refractivity contribution is 6.09. The maximum absolute atomic E-state index is 12.7. The van der Waals surface area contributed by atoms with E-state index in [0.29, 0.717) is 23.4 Å². The van der Waals surface area contributed by atoms with Crippen LogP contribution in [0.1, 0.15) is 33.3 Å². The molecule has 1 heterocycles. The summed E-state index contributed by atoms with van der Waals surface area (Å²) in [6, 6.07) is 19.0. The summed E-state index contributed by atoms with van der Waals surface area (Å²) in [7, 11) is 1.74. The van der Waals surface area contributed by atoms with Crippen molar-refractivity contribution in [2.45, 2.75) is 6.92 Å². The predicted molar refractivity (Wildman–Crippen MR) is 96.7 cm³/mol. The first-order valence-electron chi connectivity index (χ1n) is 8.14. The zero-order valence-electron chi connectivity index (χ0n) is 14.2. The van der Waals surface area contributed by atoms with Crippen LogP contribution in [-0.4, -0.2) is 22.9 Å². The molecule has 0 bridgehead atoms. The number of aryl methyl sites for hydroxylation is 1. The summed E-state index contributed by atoms with van der Waals surface area (Å²) in [6.07, 6.45) is 1.61. The number of hydrogen-bond donors (Lipinski definition) is 0. The molecule has 0 aliphatic rings. The molecule has 126 valence electrons. The van der Waals surface area contributed by atoms with Crippen molar-refractivity contribution in [1.29, 1.82) is 0 Å². The van der Waals surface area contributed by atoms with E-state index in [-0.39, 0.29) is 5.78 Å². The Labute approximate surface area is 146 Å². The Morgan fingerprint density at radius 3 is 2.20 bits per heavy atom. The minimum Gasteiger partial charge on any atom is -0.462 e. The van der Waals surface area contributed by atoms with Gasteiger partial charge in [-0.2, -0.15) is 0 Å². The molecule has 2 aromatic carbocycles. The van der Waals surface area contributed by atoms with E-state index in [0.717, 1.165) is 11.1 Å². The lowest BCUT2D eigenvalue weighted by atomic mass is 10.0. The van der Waals surface area contributed by atoms with Gasteiger partial charge in [0.25, 0.3) is 0 Å². The number of benzene rings is 2. The van der Waals surface area contributed by atoms with Crippen LogP contribution in [0.2, 0.25) is 0 Å². The molecule has 4 nitrogen and oxygen atoms in total. The topological polar surface area (TPSA) is 48.3 Å². The molecule has 0 aliphatic heterocycles. The number of esters is 1. The molecule has 0 fully saturated rings. The Hall–Kier alpha value is -3.14. The molecule has 0 N–H and O–H groups in total. The van der Waals surface area contributed by atoms with Crippen LogP contribution in [0.25, 0.3) is 11.1 Å². The van der Waals surface area contributed by atoms with Crippen LogP contribution in [0.5, 0.6) is 0 Å². The van der Waals surface area contributed by atoms with Gasteiger partial charge in [-0.1, -0.05) is 54.6 Å². The van der Waals surface area contributed by atoms with Crippen LogP contribution in [0.15, 0.2) is 66.9 Å². The van der Waals surface area contributed by atoms with E-state index in [1.807, 2.05) is 54.6 Å². The fourth-order valence-corrected chi connectivity index (χ4v) is 2.71. The van der Waals surface area contributed by atoms with Gasteiger partial charge in [-0.05, 0) is 24.1 Å². The molecule has 25 heavy (non-hydrogen) atoms. The maximum Gasteiger partial charge on any atom is 0.339 e. The number of ketones is 1. The fraction of sp³-hybridized carbons (Fsp3) is 0.143. The van der Waals surface area contributed by atoms with Crippen LogP contribution in [0.4, 0.5) is 0 Å². The number of carbonyl (C=O) groups excluding carboxylic acids is 2. The van der Waals surface area contributed by atoms with Crippen LogP contribution < -0.4 is 0 Å². The van der Waals surface area contributed by atoms with Gasteiger partial charge in [0.1, 0.15) is 0 Å². The van der Waals surface area contributed by atoms with Crippen LogP contribution in [0, 0.1) is 0 Å². The molecular formula is C21H19NO3. The summed E-state index contributed by atoms with van der Waals surface area (Å²) < 4.78 is 6.64. The Bertz CT molecular complexity index is 893. The fourth-order valence-electron chi connectivity index (χ4n) is 2.71. The average Bonchev–Trinajstić information content (AvgIpc) is 3.04. The number of ether oxygens (including phenoxy) is 1. The molecule has 4 heteroatoms. The third-order valence-corrected chi connectivity index (χ3v) is 4.00. The van der Waals surface area contributed by atoms with Gasteiger partial charge in [-0.3, -0.25) is 4.79 Å². The Kier molecular flexibility index (Phi) is 4.80. The van der Waals surface area contributed by atoms with Gasteiger partial charge in [0, 0.05) is 18.8 Å². The summed E-state index contributed by atoms with van der Waals surface area (Å²) in [5, 5.41) is 0. The van der Waals surface area contributed by atoms with Crippen molar-refractivity contribution in [3.63, 3.8) is 0 Å². The number of aromatic nitrogens is 1. The van der Waals surface area contributed by atoms with E-state index in [2.05, 4.69) is 0 Å². The minimum absolute atomic E-state index is 0.127. The molecular weight excluding hydrogens is 314 g/mol. The van der Waals surface area contributed by atoms with Crippen LogP contribution in [0.3, 0.4) is 0 Å². The quantitative estimate of drug-likeness (QED) is 0.522. The molecule has 3 aromatic rings. The van der Waals surface area contributed by atoms with E-state index in [1.165, 1.54) is 0 Å². The van der Waals surface area contributed by atoms with Crippen molar-refractivity contribution >= 4 is 11.8 Å². The monoisotopic (exact) mass is 333 g/mol. The predicted octanol–water partition coefficient (Wildman–Crippen LogP) is 4.10. The first-order chi connectivity index (χ1) is 12.1. The van der Waals surface area contributed by atoms with Crippen molar-refractivity contribution in [3.8, 4) is 11.1 Å². The van der Waals surface area contributed by atoms with Crippen molar-refractivity contribution in [2.75, 3.05) is 6.61 Å². The Morgan fingerprint density at radius 1 is 0.920 bits per heavy atom. The second-order valence-electron chi connectivity index (χ2n) is 5.72. The van der Waals surface area contributed by atoms with Gasteiger partial charge in [-0.15, -0.1) is 0 Å². The minimum atomic E-state index is -0.420. The number of nitrogens with zero attached hydrogens (tertiary/aromatic N) is 1. The molecule has 0 radical (unpaired) electrons. The summed E-state index contributed by atoms with van der Waals surface area (Å²) in [5.74, 6) is -0.547. The molecule has 0 aliphatic carbocycles. The number of rotatable bonds is 5. The summed E-state index contributed by atoms with van der Waals surface area (Å²) in [6.45, 7) is 2.05. The van der Waals surface area contributed by atoms with Crippen LogP contribution in [-0.2, 0) is 11.8 Å². The van der Waals surface area contributed by atoms with E-state index in [1.54, 1.807) is 30.8 Å². The second-order valence-corrected chi connectivity index (χ2v) is 5.72. The lowest BCUT2D eigenvalue weighted by molar-refractivity contribution is 0.0526. The Balaban J connectivity index is 1.85. The average molecular weight is 333 g/mol. The summed E-state index contributed by atoms with van der Waals surface area (Å²) in [4.78, 5) is 24.6. The van der Waals surface area contributed by atoms with Gasteiger partial charge in [0.15, 0.2) is 0 Å². The lowest BCUT2D eigenvalue weighted by Crippen LogP contribution is -2.06. The standard InChI is InChI=1S/C21H19NO3/c1-3-25-21(24)18-13-19(22(2)14-18)20(23)17-11-9-16(10-12-17)15-7-5-4-6-8-15/h4-14H,3H2,1-2H3. The molecule has 0 saturated carbocycles. The van der Waals surface area contributed by atoms with Gasteiger partial charge in [-0.25, -0.2) is 4.79 Å². The molecule has 1 aromatic heterocycles. The number of carbonyl (C=O) groups is 2. The van der Waals surface area contributed by atoms with E-state index >= 15 is 0 Å². The second kappa shape index (κ2) is 7.18. The third kappa shape index (κ3) is 3.53. The molecule has 0 atom stereocenters. The van der Waals surface area contributed by atoms with Gasteiger partial charge in [0.2, 0.25) is 5.78 Å². The SMILES string of the molecule is CCOC(=O)c1cc(C(=O)c2ccc(-c3ccccc3)cc2)n(C)c1. The number of hydrogen-bond acceptors (Lipinski definition) is 3. The van der Waals surface area contributed by atoms with E-state index < -0.39 is 5.97 Å². The lowest BCUT2D eigenvalue weighted by Gasteiger charge is -2.05. The van der Waals surface area contributed by atoms with Gasteiger partial charge < -0.3 is 9.30 Å². The van der Waals surface area contributed by atoms with Gasteiger partial charge in [0.05, 0.1) is 17.9 Å².